The summed E-state index contributed by atoms with van der Waals surface area (Å²) >= 11 is 6.20. The molecule has 0 atom stereocenters. The zero-order valence-electron chi connectivity index (χ0n) is 16.7. The Labute approximate surface area is 173 Å². The molecule has 9 heteroatoms. The first-order valence-corrected chi connectivity index (χ1v) is 11.8. The molecule has 1 heterocycles. The number of halogens is 1. The van der Waals surface area contributed by atoms with Crippen molar-refractivity contribution in [2.24, 2.45) is 0 Å². The number of piperazine rings is 1. The highest BCUT2D eigenvalue weighted by Crippen LogP contribution is 2.17. The van der Waals surface area contributed by atoms with Crippen molar-refractivity contribution in [3.8, 4) is 0 Å². The van der Waals surface area contributed by atoms with Gasteiger partial charge >= 0.3 is 0 Å². The van der Waals surface area contributed by atoms with Gasteiger partial charge in [0.25, 0.3) is 5.91 Å². The van der Waals surface area contributed by atoms with E-state index in [1.54, 1.807) is 29.2 Å². The predicted octanol–water partition coefficient (Wildman–Crippen LogP) is 1.36. The van der Waals surface area contributed by atoms with Gasteiger partial charge in [-0.2, -0.15) is 4.31 Å². The van der Waals surface area contributed by atoms with E-state index < -0.39 is 10.0 Å². The van der Waals surface area contributed by atoms with E-state index >= 15 is 0 Å². The lowest BCUT2D eigenvalue weighted by atomic mass is 10.2. The van der Waals surface area contributed by atoms with Crippen LogP contribution in [0.5, 0.6) is 0 Å². The van der Waals surface area contributed by atoms with E-state index in [9.17, 15) is 13.2 Å². The van der Waals surface area contributed by atoms with Crippen LogP contribution in [0.2, 0.25) is 5.02 Å². The first-order chi connectivity index (χ1) is 13.4. The molecule has 0 aliphatic carbocycles. The van der Waals surface area contributed by atoms with E-state index in [1.165, 1.54) is 4.31 Å². The Balaban J connectivity index is 2.11. The molecule has 0 spiro atoms. The summed E-state index contributed by atoms with van der Waals surface area (Å²) in [5, 5.41) is 3.53. The number of amides is 1. The van der Waals surface area contributed by atoms with E-state index in [2.05, 4.69) is 24.1 Å². The molecular formula is C19H31ClN4O3S. The van der Waals surface area contributed by atoms with Crippen LogP contribution in [-0.2, 0) is 10.0 Å². The van der Waals surface area contributed by atoms with Gasteiger partial charge in [0.1, 0.15) is 0 Å². The van der Waals surface area contributed by atoms with Crippen LogP contribution in [0.25, 0.3) is 0 Å². The number of nitrogens with zero attached hydrogens (tertiary/aromatic N) is 3. The quantitative estimate of drug-likeness (QED) is 0.606. The van der Waals surface area contributed by atoms with Crippen LogP contribution in [0.1, 0.15) is 24.2 Å². The lowest BCUT2D eigenvalue weighted by Gasteiger charge is -2.30. The number of benzene rings is 1. The summed E-state index contributed by atoms with van der Waals surface area (Å²) in [4.78, 5) is 16.9. The minimum Gasteiger partial charge on any atom is -0.336 e. The van der Waals surface area contributed by atoms with Gasteiger partial charge in [0, 0.05) is 45.8 Å². The molecule has 0 bridgehead atoms. The van der Waals surface area contributed by atoms with Gasteiger partial charge in [-0.1, -0.05) is 37.6 Å². The van der Waals surface area contributed by atoms with Crippen LogP contribution in [0.3, 0.4) is 0 Å². The molecule has 1 aromatic carbocycles. The average Bonchev–Trinajstić information content (AvgIpc) is 2.71. The summed E-state index contributed by atoms with van der Waals surface area (Å²) in [5.74, 6) is -0.310. The normalized spacial score (nSPS) is 15.7. The van der Waals surface area contributed by atoms with Crippen molar-refractivity contribution in [2.45, 2.75) is 13.8 Å². The van der Waals surface area contributed by atoms with Gasteiger partial charge in [0.05, 0.1) is 16.3 Å². The van der Waals surface area contributed by atoms with Gasteiger partial charge in [0.2, 0.25) is 10.0 Å². The average molecular weight is 431 g/mol. The summed E-state index contributed by atoms with van der Waals surface area (Å²) in [6, 6.07) is 6.89. The summed E-state index contributed by atoms with van der Waals surface area (Å²) < 4.78 is 26.9. The predicted molar refractivity (Wildman–Crippen MR) is 113 cm³/mol. The molecule has 28 heavy (non-hydrogen) atoms. The van der Waals surface area contributed by atoms with E-state index in [4.69, 9.17) is 11.6 Å². The maximum absolute atomic E-state index is 13.1. The molecule has 1 aromatic rings. The van der Waals surface area contributed by atoms with Gasteiger partial charge in [-0.25, -0.2) is 8.42 Å². The van der Waals surface area contributed by atoms with Gasteiger partial charge in [-0.3, -0.25) is 4.79 Å². The van der Waals surface area contributed by atoms with Crippen molar-refractivity contribution < 1.29 is 13.2 Å². The molecule has 0 saturated carbocycles. The van der Waals surface area contributed by atoms with Crippen LogP contribution in [0, 0.1) is 0 Å². The Morgan fingerprint density at radius 1 is 1.11 bits per heavy atom. The standard InChI is InChI=1S/C19H31ClN4O3S/c1-3-22(4-2)13-14-23(19(25)17-7-5-6-8-18(17)20)15-16-28(26,27)24-11-9-21-10-12-24/h5-8,21H,3-4,9-16H2,1-2H3. The number of sulfonamides is 1. The minimum atomic E-state index is -3.40. The van der Waals surface area contributed by atoms with E-state index in [0.717, 1.165) is 13.1 Å². The molecule has 7 nitrogen and oxygen atoms in total. The third-order valence-electron chi connectivity index (χ3n) is 5.06. The summed E-state index contributed by atoms with van der Waals surface area (Å²) in [7, 11) is -3.40. The van der Waals surface area contributed by atoms with Crippen LogP contribution < -0.4 is 5.32 Å². The highest BCUT2D eigenvalue weighted by molar-refractivity contribution is 7.89. The molecule has 0 unspecified atom stereocenters. The second-order valence-electron chi connectivity index (χ2n) is 6.76. The number of hydrogen-bond donors (Lipinski definition) is 1. The van der Waals surface area contributed by atoms with Crippen molar-refractivity contribution >= 4 is 27.5 Å². The number of carbonyl (C=O) groups excluding carboxylic acids is 1. The maximum Gasteiger partial charge on any atom is 0.255 e. The van der Waals surface area contributed by atoms with Crippen LogP contribution in [0.15, 0.2) is 24.3 Å². The summed E-state index contributed by atoms with van der Waals surface area (Å²) in [5.41, 5.74) is 0.406. The zero-order chi connectivity index (χ0) is 20.6. The second-order valence-corrected chi connectivity index (χ2v) is 9.26. The summed E-state index contributed by atoms with van der Waals surface area (Å²) in [6.45, 7) is 9.45. The van der Waals surface area contributed by atoms with Crippen molar-refractivity contribution in [1.82, 2.24) is 19.4 Å². The van der Waals surface area contributed by atoms with Crippen molar-refractivity contribution in [3.63, 3.8) is 0 Å². The van der Waals surface area contributed by atoms with Gasteiger partial charge in [0.15, 0.2) is 0 Å². The Morgan fingerprint density at radius 3 is 2.36 bits per heavy atom. The van der Waals surface area contributed by atoms with Crippen molar-refractivity contribution in [3.05, 3.63) is 34.9 Å². The van der Waals surface area contributed by atoms with Crippen LogP contribution in [-0.4, -0.2) is 93.1 Å². The van der Waals surface area contributed by atoms with E-state index in [-0.39, 0.29) is 18.2 Å². The topological polar surface area (TPSA) is 73.0 Å². The SMILES string of the molecule is CCN(CC)CCN(CCS(=O)(=O)N1CCNCC1)C(=O)c1ccccc1Cl. The lowest BCUT2D eigenvalue weighted by molar-refractivity contribution is 0.0747. The van der Waals surface area contributed by atoms with E-state index in [0.29, 0.717) is 49.9 Å². The molecular weight excluding hydrogens is 400 g/mol. The third kappa shape index (κ3) is 6.42. The van der Waals surface area contributed by atoms with Crippen molar-refractivity contribution in [2.75, 3.05) is 64.7 Å². The first kappa shape index (κ1) is 23.1. The molecule has 2 rings (SSSR count). The Bertz CT molecular complexity index is 734. The van der Waals surface area contributed by atoms with Gasteiger partial charge < -0.3 is 15.1 Å². The molecule has 1 N–H and O–H groups in total. The first-order valence-electron chi connectivity index (χ1n) is 9.83. The fraction of sp³-hybridized carbons (Fsp3) is 0.632. The number of carbonyl (C=O) groups is 1. The molecule has 0 aromatic heterocycles. The smallest absolute Gasteiger partial charge is 0.255 e. The van der Waals surface area contributed by atoms with Crippen molar-refractivity contribution in [1.29, 1.82) is 0 Å². The van der Waals surface area contributed by atoms with E-state index in [1.807, 2.05) is 0 Å². The van der Waals surface area contributed by atoms with Crippen LogP contribution >= 0.6 is 11.6 Å². The Kier molecular flexibility index (Phi) is 9.17. The number of rotatable bonds is 10. The Morgan fingerprint density at radius 2 is 1.75 bits per heavy atom. The molecule has 1 saturated heterocycles. The van der Waals surface area contributed by atoms with Gasteiger partial charge in [-0.05, 0) is 25.2 Å². The number of likely N-dealkylation sites (N-methyl/N-ethyl adjacent to an activating group) is 1. The largest absolute Gasteiger partial charge is 0.336 e. The minimum absolute atomic E-state index is 0.0819. The second kappa shape index (κ2) is 11.1. The van der Waals surface area contributed by atoms with Gasteiger partial charge in [-0.15, -0.1) is 0 Å². The molecule has 1 aliphatic heterocycles. The molecule has 158 valence electrons. The zero-order valence-corrected chi connectivity index (χ0v) is 18.3. The fourth-order valence-electron chi connectivity index (χ4n) is 3.20. The molecule has 1 aliphatic rings. The fourth-order valence-corrected chi connectivity index (χ4v) is 4.86. The monoisotopic (exact) mass is 430 g/mol. The molecule has 1 amide bonds. The Hall–Kier alpha value is -1.19. The maximum atomic E-state index is 13.1. The molecule has 1 fully saturated rings. The molecule has 0 radical (unpaired) electrons. The highest BCUT2D eigenvalue weighted by Gasteiger charge is 2.26. The summed E-state index contributed by atoms with van der Waals surface area (Å²) in [6.07, 6.45) is 0. The third-order valence-corrected chi connectivity index (χ3v) is 7.24. The number of hydrogen-bond acceptors (Lipinski definition) is 5. The van der Waals surface area contributed by atoms with Crippen LogP contribution in [0.4, 0.5) is 0 Å². The highest BCUT2D eigenvalue weighted by atomic mass is 35.5. The number of nitrogens with one attached hydrogen (secondary N) is 1. The lowest BCUT2D eigenvalue weighted by Crippen LogP contribution is -2.49.